The summed E-state index contributed by atoms with van der Waals surface area (Å²) in [6, 6.07) is 11.7. The van der Waals surface area contributed by atoms with Crippen LogP contribution in [0.1, 0.15) is 99.5 Å². The summed E-state index contributed by atoms with van der Waals surface area (Å²) in [4.78, 5) is 31.6. The number of likely N-dealkylation sites (tertiary alicyclic amines) is 1. The Morgan fingerprint density at radius 1 is 1.08 bits per heavy atom. The van der Waals surface area contributed by atoms with E-state index in [0.29, 0.717) is 43.9 Å². The second-order valence-electron chi connectivity index (χ2n) is 15.8. The number of ether oxygens (including phenoxy) is 1. The highest BCUT2D eigenvalue weighted by Gasteiger charge is 2.50. The van der Waals surface area contributed by atoms with Gasteiger partial charge in [0.05, 0.1) is 34.0 Å². The quantitative estimate of drug-likeness (QED) is 0.363. The van der Waals surface area contributed by atoms with Crippen molar-refractivity contribution in [1.29, 1.82) is 0 Å². The highest BCUT2D eigenvalue weighted by molar-refractivity contribution is 7.99. The third-order valence-corrected chi connectivity index (χ3v) is 15.1. The average Bonchev–Trinajstić information content (AvgIpc) is 3.55. The molecule has 1 saturated heterocycles. The monoisotopic (exact) mass is 709 g/mol. The summed E-state index contributed by atoms with van der Waals surface area (Å²) < 4.78 is 23.4. The highest BCUT2D eigenvalue weighted by Crippen LogP contribution is 2.50. The molecule has 7 rings (SSSR count). The molecule has 0 radical (unpaired) electrons. The largest absolute Gasteiger partial charge is 0.490 e. The fraction of sp³-hybridized carbons (Fsp3) is 0.615. The number of benzene rings is 2. The van der Waals surface area contributed by atoms with Gasteiger partial charge in [0.25, 0.3) is 5.91 Å². The van der Waals surface area contributed by atoms with E-state index in [2.05, 4.69) is 27.6 Å². The van der Waals surface area contributed by atoms with Crippen LogP contribution in [-0.2, 0) is 26.3 Å². The molecule has 7 atom stereocenters. The molecule has 5 aliphatic rings. The van der Waals surface area contributed by atoms with E-state index < -0.39 is 21.2 Å². The van der Waals surface area contributed by atoms with Gasteiger partial charge in [-0.15, -0.1) is 0 Å². The van der Waals surface area contributed by atoms with Crippen molar-refractivity contribution in [3.8, 4) is 5.75 Å². The lowest BCUT2D eigenvalue weighted by molar-refractivity contribution is -0.145. The van der Waals surface area contributed by atoms with Crippen molar-refractivity contribution in [3.63, 3.8) is 0 Å². The molecule has 1 spiro atoms. The number of halogens is 1. The molecular formula is C39H52ClN3O5S. The summed E-state index contributed by atoms with van der Waals surface area (Å²) in [7, 11) is -2.98. The van der Waals surface area contributed by atoms with Crippen LogP contribution in [0.2, 0.25) is 5.02 Å². The van der Waals surface area contributed by atoms with Crippen LogP contribution in [0.4, 0.5) is 5.69 Å². The zero-order chi connectivity index (χ0) is 34.6. The lowest BCUT2D eigenvalue weighted by Gasteiger charge is -2.50. The molecule has 2 aromatic rings. The Morgan fingerprint density at radius 3 is 2.63 bits per heavy atom. The summed E-state index contributed by atoms with van der Waals surface area (Å²) in [5.41, 5.74) is 2.36. The first-order valence-corrected chi connectivity index (χ1v) is 20.5. The Hall–Kier alpha value is -2.75. The van der Waals surface area contributed by atoms with Gasteiger partial charge in [0.15, 0.2) is 0 Å². The van der Waals surface area contributed by atoms with Crippen LogP contribution >= 0.6 is 11.6 Å². The summed E-state index contributed by atoms with van der Waals surface area (Å²) in [6.07, 6.45) is 8.89. The molecule has 266 valence electrons. The molecule has 2 aliphatic carbocycles. The zero-order valence-electron chi connectivity index (χ0n) is 29.1. The zero-order valence-corrected chi connectivity index (χ0v) is 30.6. The number of hydrogen-bond donors (Lipinski definition) is 2. The third-order valence-electron chi connectivity index (χ3n) is 12.7. The van der Waals surface area contributed by atoms with E-state index in [1.165, 1.54) is 11.1 Å². The van der Waals surface area contributed by atoms with E-state index >= 15 is 0 Å². The highest BCUT2D eigenvalue weighted by atomic mass is 35.5. The lowest BCUT2D eigenvalue weighted by Crippen LogP contribution is -2.54. The predicted octanol–water partition coefficient (Wildman–Crippen LogP) is 6.15. The molecule has 8 nitrogen and oxygen atoms in total. The normalized spacial score (nSPS) is 35.0. The first kappa shape index (κ1) is 34.7. The van der Waals surface area contributed by atoms with E-state index in [9.17, 15) is 18.9 Å². The molecule has 0 aromatic heterocycles. The van der Waals surface area contributed by atoms with Crippen LogP contribution in [0.3, 0.4) is 0 Å². The smallest absolute Gasteiger partial charge is 0.262 e. The predicted molar refractivity (Wildman–Crippen MR) is 197 cm³/mol. The third kappa shape index (κ3) is 6.72. The SMILES string of the molecule is C=S1(=O)NC(=O)c2ccc3c(c2)N(C[C@@H]2CC[C@H]2[C@@](O)(CC(=O)N2CCCC2)CCC[C@H](C)[C@H]1C)C[C@@]1(CCCc2cc(Cl)ccc21)CO3. The van der Waals surface area contributed by atoms with Crippen LogP contribution in [0.5, 0.6) is 5.75 Å². The van der Waals surface area contributed by atoms with Crippen molar-refractivity contribution in [2.75, 3.05) is 37.7 Å². The van der Waals surface area contributed by atoms with Crippen molar-refractivity contribution in [3.05, 3.63) is 58.1 Å². The minimum Gasteiger partial charge on any atom is -0.490 e. The van der Waals surface area contributed by atoms with Gasteiger partial charge in [-0.25, -0.2) is 4.21 Å². The second-order valence-corrected chi connectivity index (χ2v) is 18.7. The van der Waals surface area contributed by atoms with Crippen LogP contribution in [0.25, 0.3) is 0 Å². The van der Waals surface area contributed by atoms with Gasteiger partial charge in [-0.05, 0) is 130 Å². The van der Waals surface area contributed by atoms with Gasteiger partial charge in [-0.3, -0.25) is 14.3 Å². The molecule has 49 heavy (non-hydrogen) atoms. The van der Waals surface area contributed by atoms with Crippen LogP contribution < -0.4 is 14.4 Å². The molecule has 2 amide bonds. The van der Waals surface area contributed by atoms with Gasteiger partial charge in [0, 0.05) is 47.4 Å². The van der Waals surface area contributed by atoms with E-state index in [0.717, 1.165) is 75.2 Å². The second kappa shape index (κ2) is 13.4. The molecular weight excluding hydrogens is 658 g/mol. The molecule has 2 N–H and O–H groups in total. The summed E-state index contributed by atoms with van der Waals surface area (Å²) in [5.74, 6) is 4.52. The Balaban J connectivity index is 1.29. The van der Waals surface area contributed by atoms with E-state index in [1.54, 1.807) is 6.07 Å². The van der Waals surface area contributed by atoms with Crippen LogP contribution in [0, 0.1) is 17.8 Å². The number of nitrogens with zero attached hydrogens (tertiary/aromatic N) is 2. The molecule has 1 saturated carbocycles. The maximum Gasteiger partial charge on any atom is 0.262 e. The van der Waals surface area contributed by atoms with Gasteiger partial charge >= 0.3 is 0 Å². The van der Waals surface area contributed by atoms with Crippen molar-refractivity contribution in [1.82, 2.24) is 9.62 Å². The summed E-state index contributed by atoms with van der Waals surface area (Å²) in [5, 5.41) is 12.9. The number of aryl methyl sites for hydroxylation is 1. The maximum atomic E-state index is 13.9. The number of hydrogen-bond acceptors (Lipinski definition) is 6. The van der Waals surface area contributed by atoms with Crippen molar-refractivity contribution < 1.29 is 23.6 Å². The fourth-order valence-corrected chi connectivity index (χ4v) is 11.1. The Morgan fingerprint density at radius 2 is 1.88 bits per heavy atom. The Labute approximate surface area is 297 Å². The minimum atomic E-state index is -2.98. The maximum absolute atomic E-state index is 13.9. The summed E-state index contributed by atoms with van der Waals surface area (Å²) in [6.45, 7) is 7.32. The van der Waals surface area contributed by atoms with Crippen molar-refractivity contribution in [2.24, 2.45) is 17.8 Å². The van der Waals surface area contributed by atoms with E-state index in [4.69, 9.17) is 16.3 Å². The first-order valence-electron chi connectivity index (χ1n) is 18.4. The fourth-order valence-electron chi connectivity index (χ4n) is 9.43. The molecule has 10 heteroatoms. The van der Waals surface area contributed by atoms with E-state index in [-0.39, 0.29) is 40.7 Å². The van der Waals surface area contributed by atoms with Gasteiger partial charge in [0.2, 0.25) is 5.91 Å². The summed E-state index contributed by atoms with van der Waals surface area (Å²) >= 11 is 6.46. The number of fused-ring (bicyclic) bond motifs is 4. The lowest BCUT2D eigenvalue weighted by atomic mass is 9.61. The van der Waals surface area contributed by atoms with Crippen LogP contribution in [0.15, 0.2) is 36.4 Å². The van der Waals surface area contributed by atoms with Gasteiger partial charge < -0.3 is 19.6 Å². The van der Waals surface area contributed by atoms with Crippen LogP contribution in [-0.4, -0.2) is 75.5 Å². The van der Waals surface area contributed by atoms with Gasteiger partial charge in [-0.1, -0.05) is 31.0 Å². The Kier molecular flexibility index (Phi) is 9.50. The molecule has 1 unspecified atom stereocenters. The number of carbonyl (C=O) groups is 2. The first-order chi connectivity index (χ1) is 23.4. The minimum absolute atomic E-state index is 0.00527. The number of amides is 2. The molecule has 2 bridgehead atoms. The molecule has 2 aromatic carbocycles. The standard InChI is InChI=1S/C39H52ClN3O5S/c1-26-8-6-17-39(46,22-36(44)42-18-4-5-19-42)33-13-10-30(33)23-43-24-38(16-7-9-28-20-31(40)12-14-32(28)38)25-48-35-15-11-29(21-34(35)43)37(45)41-49(3,47)27(26)2/h11-12,14-15,20-21,26-27,30,33,46H,3-10,13,16-19,22-25H2,1-2H3,(H,41,45,47)/t26-,27+,30-,33+,38-,39-,49?/m0/s1. The molecule has 3 aliphatic heterocycles. The molecule has 2 fully saturated rings. The topological polar surface area (TPSA) is 99.2 Å². The van der Waals surface area contributed by atoms with Gasteiger partial charge in [-0.2, -0.15) is 0 Å². The molecule has 3 heterocycles. The van der Waals surface area contributed by atoms with Gasteiger partial charge in [0.1, 0.15) is 5.75 Å². The number of carbonyl (C=O) groups excluding carboxylic acids is 2. The van der Waals surface area contributed by atoms with Crippen molar-refractivity contribution in [2.45, 2.75) is 101 Å². The number of nitrogens with one attached hydrogen (secondary N) is 1. The van der Waals surface area contributed by atoms with E-state index in [1.807, 2.05) is 36.9 Å². The number of rotatable bonds is 2. The number of anilines is 1. The average molecular weight is 710 g/mol. The number of aliphatic hydroxyl groups is 1. The Bertz CT molecular complexity index is 1710. The van der Waals surface area contributed by atoms with Crippen molar-refractivity contribution >= 4 is 44.7 Å².